The Bertz CT molecular complexity index is 459. The minimum Gasteiger partial charge on any atom is -0.485 e. The Morgan fingerprint density at radius 2 is 2.11 bits per heavy atom. The van der Waals surface area contributed by atoms with E-state index in [1.807, 2.05) is 0 Å². The summed E-state index contributed by atoms with van der Waals surface area (Å²) in [5.41, 5.74) is 6.00. The van der Waals surface area contributed by atoms with Gasteiger partial charge in [0, 0.05) is 0 Å². The fraction of sp³-hybridized carbons (Fsp3) is 0.500. The van der Waals surface area contributed by atoms with Crippen LogP contribution < -0.4 is 10.5 Å². The molecule has 19 heavy (non-hydrogen) atoms. The van der Waals surface area contributed by atoms with E-state index in [2.05, 4.69) is 4.99 Å². The lowest BCUT2D eigenvalue weighted by Gasteiger charge is -2.23. The van der Waals surface area contributed by atoms with Gasteiger partial charge in [0.15, 0.2) is 11.6 Å². The monoisotopic (exact) mass is 284 g/mol. The average molecular weight is 285 g/mol. The third-order valence-corrected chi connectivity index (χ3v) is 3.46. The van der Waals surface area contributed by atoms with Crippen molar-refractivity contribution in [2.24, 2.45) is 10.7 Å². The van der Waals surface area contributed by atoms with Crippen molar-refractivity contribution in [2.75, 3.05) is 5.88 Å². The van der Waals surface area contributed by atoms with Gasteiger partial charge < -0.3 is 10.5 Å². The van der Waals surface area contributed by atoms with Gasteiger partial charge in [0.2, 0.25) is 0 Å². The second kappa shape index (κ2) is 6.75. The minimum atomic E-state index is -0.408. The van der Waals surface area contributed by atoms with Crippen LogP contribution in [-0.2, 0) is 0 Å². The summed E-state index contributed by atoms with van der Waals surface area (Å²) in [6.07, 6.45) is 5.46. The van der Waals surface area contributed by atoms with Gasteiger partial charge in [-0.2, -0.15) is 0 Å². The summed E-state index contributed by atoms with van der Waals surface area (Å²) in [4.78, 5) is 4.10. The van der Waals surface area contributed by atoms with Crippen LogP contribution in [0, 0.1) is 5.82 Å². The van der Waals surface area contributed by atoms with E-state index in [-0.39, 0.29) is 23.6 Å². The summed E-state index contributed by atoms with van der Waals surface area (Å²) in [5, 5.41) is 0. The second-order valence-electron chi connectivity index (χ2n) is 4.70. The fourth-order valence-corrected chi connectivity index (χ4v) is 2.30. The number of rotatable bonds is 4. The van der Waals surface area contributed by atoms with Crippen LogP contribution >= 0.6 is 11.6 Å². The lowest BCUT2D eigenvalue weighted by molar-refractivity contribution is 0.149. The third kappa shape index (κ3) is 3.83. The van der Waals surface area contributed by atoms with Crippen molar-refractivity contribution in [3.05, 3.63) is 24.0 Å². The van der Waals surface area contributed by atoms with Crippen molar-refractivity contribution in [3.8, 4) is 5.75 Å². The van der Waals surface area contributed by atoms with E-state index < -0.39 is 5.82 Å². The summed E-state index contributed by atoms with van der Waals surface area (Å²) < 4.78 is 19.7. The molecule has 1 saturated carbocycles. The maximum Gasteiger partial charge on any atom is 0.180 e. The van der Waals surface area contributed by atoms with Crippen LogP contribution in [0.3, 0.4) is 0 Å². The molecule has 1 aromatic carbocycles. The Morgan fingerprint density at radius 3 is 2.79 bits per heavy atom. The molecule has 5 heteroatoms. The van der Waals surface area contributed by atoms with E-state index in [1.165, 1.54) is 12.5 Å². The van der Waals surface area contributed by atoms with Crippen LogP contribution in [0.25, 0.3) is 0 Å². The highest BCUT2D eigenvalue weighted by Gasteiger charge is 2.19. The Hall–Kier alpha value is -1.29. The summed E-state index contributed by atoms with van der Waals surface area (Å²) in [5.74, 6) is 0.136. The van der Waals surface area contributed by atoms with E-state index in [4.69, 9.17) is 22.1 Å². The molecule has 0 radical (unpaired) electrons. The number of benzene rings is 1. The number of ether oxygens (including phenoxy) is 1. The average Bonchev–Trinajstić information content (AvgIpc) is 2.43. The highest BCUT2D eigenvalue weighted by atomic mass is 35.5. The normalized spacial score (nSPS) is 17.5. The Morgan fingerprint density at radius 1 is 1.37 bits per heavy atom. The molecule has 0 bridgehead atoms. The van der Waals surface area contributed by atoms with Gasteiger partial charge in [-0.15, -0.1) is 11.6 Å². The van der Waals surface area contributed by atoms with E-state index in [0.717, 1.165) is 25.7 Å². The van der Waals surface area contributed by atoms with Crippen LogP contribution in [0.5, 0.6) is 5.75 Å². The highest BCUT2D eigenvalue weighted by molar-refractivity contribution is 6.28. The molecule has 0 heterocycles. The molecular formula is C14H18ClFN2O. The van der Waals surface area contributed by atoms with Crippen LogP contribution in [0.1, 0.15) is 32.1 Å². The van der Waals surface area contributed by atoms with Gasteiger partial charge in [0.25, 0.3) is 0 Å². The Balaban J connectivity index is 2.22. The van der Waals surface area contributed by atoms with Crippen LogP contribution in [0.15, 0.2) is 23.2 Å². The number of amidine groups is 1. The van der Waals surface area contributed by atoms with Crippen molar-refractivity contribution in [2.45, 2.75) is 38.2 Å². The van der Waals surface area contributed by atoms with E-state index in [0.29, 0.717) is 5.69 Å². The summed E-state index contributed by atoms with van der Waals surface area (Å²) in [7, 11) is 0. The number of nitrogens with zero attached hydrogens (tertiary/aromatic N) is 1. The Labute approximate surface area is 117 Å². The molecule has 0 amide bonds. The number of para-hydroxylation sites is 1. The van der Waals surface area contributed by atoms with Crippen molar-refractivity contribution >= 4 is 23.1 Å². The molecule has 0 aliphatic heterocycles. The van der Waals surface area contributed by atoms with Crippen LogP contribution in [-0.4, -0.2) is 17.8 Å². The van der Waals surface area contributed by atoms with Gasteiger partial charge in [0.05, 0.1) is 12.0 Å². The van der Waals surface area contributed by atoms with Gasteiger partial charge >= 0.3 is 0 Å². The molecule has 0 saturated heterocycles. The molecule has 0 aromatic heterocycles. The SMILES string of the molecule is NC(CCl)=Nc1cccc(F)c1OC1CCCCC1. The van der Waals surface area contributed by atoms with Gasteiger partial charge in [0.1, 0.15) is 11.5 Å². The van der Waals surface area contributed by atoms with E-state index >= 15 is 0 Å². The first-order chi connectivity index (χ1) is 9.20. The summed E-state index contributed by atoms with van der Waals surface area (Å²) in [6.45, 7) is 0. The van der Waals surface area contributed by atoms with Crippen molar-refractivity contribution in [1.82, 2.24) is 0 Å². The quantitative estimate of drug-likeness (QED) is 0.520. The lowest BCUT2D eigenvalue weighted by atomic mass is 9.98. The first-order valence-corrected chi connectivity index (χ1v) is 7.08. The number of hydrogen-bond acceptors (Lipinski definition) is 2. The first-order valence-electron chi connectivity index (χ1n) is 6.55. The van der Waals surface area contributed by atoms with Crippen molar-refractivity contribution in [3.63, 3.8) is 0 Å². The zero-order valence-corrected chi connectivity index (χ0v) is 11.5. The zero-order chi connectivity index (χ0) is 13.7. The summed E-state index contributed by atoms with van der Waals surface area (Å²) in [6, 6.07) is 4.64. The maximum atomic E-state index is 13.9. The predicted octanol–water partition coefficient (Wildman–Crippen LogP) is 3.76. The van der Waals surface area contributed by atoms with Crippen LogP contribution in [0.4, 0.5) is 10.1 Å². The molecule has 2 rings (SSSR count). The maximum absolute atomic E-state index is 13.9. The highest BCUT2D eigenvalue weighted by Crippen LogP contribution is 2.33. The fourth-order valence-electron chi connectivity index (χ4n) is 2.24. The molecule has 3 nitrogen and oxygen atoms in total. The zero-order valence-electron chi connectivity index (χ0n) is 10.7. The van der Waals surface area contributed by atoms with Gasteiger partial charge in [-0.25, -0.2) is 9.38 Å². The number of halogens is 2. The van der Waals surface area contributed by atoms with Crippen molar-refractivity contribution in [1.29, 1.82) is 0 Å². The summed E-state index contributed by atoms with van der Waals surface area (Å²) >= 11 is 5.60. The first kappa shape index (κ1) is 14.1. The van der Waals surface area contributed by atoms with Gasteiger partial charge in [-0.05, 0) is 37.8 Å². The molecule has 0 atom stereocenters. The van der Waals surface area contributed by atoms with Gasteiger partial charge in [-0.1, -0.05) is 12.5 Å². The molecule has 1 aromatic rings. The molecule has 104 valence electrons. The number of alkyl halides is 1. The largest absolute Gasteiger partial charge is 0.485 e. The molecule has 0 spiro atoms. The standard InChI is InChI=1S/C14H18ClFN2O/c15-9-13(17)18-12-8-4-7-11(16)14(12)19-10-5-2-1-3-6-10/h4,7-8,10H,1-3,5-6,9H2,(H2,17,18). The third-order valence-electron chi connectivity index (χ3n) is 3.18. The van der Waals surface area contributed by atoms with E-state index in [1.54, 1.807) is 12.1 Å². The number of hydrogen-bond donors (Lipinski definition) is 1. The molecule has 1 fully saturated rings. The minimum absolute atomic E-state index is 0.0665. The molecule has 1 aliphatic carbocycles. The topological polar surface area (TPSA) is 47.6 Å². The number of aliphatic imine (C=N–C) groups is 1. The number of nitrogens with two attached hydrogens (primary N) is 1. The second-order valence-corrected chi connectivity index (χ2v) is 4.97. The molecular weight excluding hydrogens is 267 g/mol. The van der Waals surface area contributed by atoms with Crippen molar-refractivity contribution < 1.29 is 9.13 Å². The lowest BCUT2D eigenvalue weighted by Crippen LogP contribution is -2.20. The molecule has 0 unspecified atom stereocenters. The molecule has 1 aliphatic rings. The van der Waals surface area contributed by atoms with E-state index in [9.17, 15) is 4.39 Å². The van der Waals surface area contributed by atoms with Crippen LogP contribution in [0.2, 0.25) is 0 Å². The predicted molar refractivity (Wildman–Crippen MR) is 75.9 cm³/mol. The Kier molecular flexibility index (Phi) is 5.02. The van der Waals surface area contributed by atoms with Gasteiger partial charge in [-0.3, -0.25) is 0 Å². The smallest absolute Gasteiger partial charge is 0.180 e. The molecule has 2 N–H and O–H groups in total.